The molecule has 1 aromatic rings. The predicted octanol–water partition coefficient (Wildman–Crippen LogP) is 2.61. The van der Waals surface area contributed by atoms with Gasteiger partial charge in [0.1, 0.15) is 0 Å². The maximum Gasteiger partial charge on any atom is 0.0718 e. The van der Waals surface area contributed by atoms with Gasteiger partial charge in [-0.3, -0.25) is 4.68 Å². The highest BCUT2D eigenvalue weighted by Gasteiger charge is 2.20. The van der Waals surface area contributed by atoms with Crippen LogP contribution in [0.1, 0.15) is 32.0 Å². The van der Waals surface area contributed by atoms with Crippen molar-refractivity contribution in [2.45, 2.75) is 31.5 Å². The molecule has 0 aliphatic carbocycles. The molecule has 0 amide bonds. The van der Waals surface area contributed by atoms with Crippen molar-refractivity contribution in [1.82, 2.24) is 9.78 Å². The first-order valence-corrected chi connectivity index (χ1v) is 5.16. The molecule has 0 aromatic carbocycles. The van der Waals surface area contributed by atoms with Gasteiger partial charge < -0.3 is 0 Å². The first kappa shape index (κ1) is 9.78. The van der Waals surface area contributed by atoms with E-state index in [0.717, 1.165) is 5.33 Å². The molecule has 1 rings (SSSR count). The van der Waals surface area contributed by atoms with E-state index in [9.17, 15) is 0 Å². The highest BCUT2D eigenvalue weighted by molar-refractivity contribution is 9.08. The van der Waals surface area contributed by atoms with Crippen molar-refractivity contribution in [1.29, 1.82) is 0 Å². The van der Waals surface area contributed by atoms with Crippen molar-refractivity contribution in [3.05, 3.63) is 17.5 Å². The van der Waals surface area contributed by atoms with Crippen LogP contribution in [0.5, 0.6) is 0 Å². The average molecular weight is 231 g/mol. The largest absolute Gasteiger partial charge is 0.275 e. The molecule has 2 nitrogen and oxygen atoms in total. The number of aryl methyl sites for hydroxylation is 1. The highest BCUT2D eigenvalue weighted by Crippen LogP contribution is 2.25. The lowest BCUT2D eigenvalue weighted by Gasteiger charge is -2.16. The number of alkyl halides is 1. The molecule has 12 heavy (non-hydrogen) atoms. The van der Waals surface area contributed by atoms with E-state index in [0.29, 0.717) is 0 Å². The second-order valence-electron chi connectivity index (χ2n) is 4.06. The van der Waals surface area contributed by atoms with Crippen molar-refractivity contribution in [2.24, 2.45) is 7.05 Å². The molecule has 0 fully saturated rings. The molecule has 3 heteroatoms. The van der Waals surface area contributed by atoms with E-state index >= 15 is 0 Å². The lowest BCUT2D eigenvalue weighted by Crippen LogP contribution is -2.14. The minimum Gasteiger partial charge on any atom is -0.275 e. The summed E-state index contributed by atoms with van der Waals surface area (Å²) in [5.41, 5.74) is 2.61. The van der Waals surface area contributed by atoms with E-state index in [4.69, 9.17) is 0 Å². The third-order valence-corrected chi connectivity index (χ3v) is 2.36. The maximum atomic E-state index is 4.44. The van der Waals surface area contributed by atoms with Gasteiger partial charge in [-0.15, -0.1) is 0 Å². The smallest absolute Gasteiger partial charge is 0.0718 e. The van der Waals surface area contributed by atoms with E-state index in [1.54, 1.807) is 0 Å². The molecule has 0 unspecified atom stereocenters. The lowest BCUT2D eigenvalue weighted by atomic mass is 9.90. The summed E-state index contributed by atoms with van der Waals surface area (Å²) < 4.78 is 1.87. The summed E-state index contributed by atoms with van der Waals surface area (Å²) in [6, 6.07) is 0. The fourth-order valence-electron chi connectivity index (χ4n) is 1.27. The molecule has 0 saturated carbocycles. The van der Waals surface area contributed by atoms with Gasteiger partial charge in [-0.25, -0.2) is 0 Å². The zero-order valence-corrected chi connectivity index (χ0v) is 9.64. The van der Waals surface area contributed by atoms with Crippen molar-refractivity contribution < 1.29 is 0 Å². The predicted molar refractivity (Wildman–Crippen MR) is 54.5 cm³/mol. The zero-order valence-electron chi connectivity index (χ0n) is 8.06. The van der Waals surface area contributed by atoms with Crippen molar-refractivity contribution in [2.75, 3.05) is 0 Å². The molecule has 0 spiro atoms. The molecule has 0 aliphatic heterocycles. The SMILES string of the molecule is Cn1cc(CBr)c(C(C)(C)C)n1. The molecule has 0 saturated heterocycles. The van der Waals surface area contributed by atoms with E-state index in [-0.39, 0.29) is 5.41 Å². The second-order valence-corrected chi connectivity index (χ2v) is 4.62. The van der Waals surface area contributed by atoms with Crippen LogP contribution in [0.2, 0.25) is 0 Å². The number of aromatic nitrogens is 2. The molecule has 0 bridgehead atoms. The fraction of sp³-hybridized carbons (Fsp3) is 0.667. The second kappa shape index (κ2) is 3.21. The van der Waals surface area contributed by atoms with Gasteiger partial charge in [0.25, 0.3) is 0 Å². The van der Waals surface area contributed by atoms with Crippen molar-refractivity contribution in [3.63, 3.8) is 0 Å². The molecule has 0 N–H and O–H groups in total. The van der Waals surface area contributed by atoms with Crippen LogP contribution in [-0.2, 0) is 17.8 Å². The van der Waals surface area contributed by atoms with E-state index in [1.807, 2.05) is 11.7 Å². The Morgan fingerprint density at radius 2 is 2.08 bits per heavy atom. The topological polar surface area (TPSA) is 17.8 Å². The Morgan fingerprint density at radius 3 is 2.42 bits per heavy atom. The Balaban J connectivity index is 3.13. The van der Waals surface area contributed by atoms with E-state index < -0.39 is 0 Å². The molecule has 1 aromatic heterocycles. The summed E-state index contributed by atoms with van der Waals surface area (Å²) >= 11 is 3.46. The minimum atomic E-state index is 0.143. The van der Waals surface area contributed by atoms with Crippen LogP contribution in [0.3, 0.4) is 0 Å². The number of rotatable bonds is 1. The molecule has 0 atom stereocenters. The third-order valence-electron chi connectivity index (χ3n) is 1.76. The van der Waals surface area contributed by atoms with Crippen molar-refractivity contribution in [3.8, 4) is 0 Å². The Bertz CT molecular complexity index is 271. The third kappa shape index (κ3) is 1.89. The zero-order chi connectivity index (χ0) is 9.35. The lowest BCUT2D eigenvalue weighted by molar-refractivity contribution is 0.550. The summed E-state index contributed by atoms with van der Waals surface area (Å²) in [7, 11) is 1.96. The number of hydrogen-bond donors (Lipinski definition) is 0. The molecule has 0 aliphatic rings. The number of nitrogens with zero attached hydrogens (tertiary/aromatic N) is 2. The maximum absolute atomic E-state index is 4.44. The minimum absolute atomic E-state index is 0.143. The molecular formula is C9H15BrN2. The summed E-state index contributed by atoms with van der Waals surface area (Å²) in [6.07, 6.45) is 2.06. The van der Waals surface area contributed by atoms with Gasteiger partial charge in [-0.05, 0) is 0 Å². The highest BCUT2D eigenvalue weighted by atomic mass is 79.9. The normalized spacial score (nSPS) is 12.1. The van der Waals surface area contributed by atoms with Crippen molar-refractivity contribution >= 4 is 15.9 Å². The van der Waals surface area contributed by atoms with E-state index in [1.165, 1.54) is 11.3 Å². The summed E-state index contributed by atoms with van der Waals surface area (Å²) in [5.74, 6) is 0. The Kier molecular flexibility index (Phi) is 2.61. The van der Waals surface area contributed by atoms with Gasteiger partial charge >= 0.3 is 0 Å². The standard InChI is InChI=1S/C9H15BrN2/c1-9(2,3)8-7(5-10)6-12(4)11-8/h6H,5H2,1-4H3. The Labute approximate surface area is 82.1 Å². The van der Waals surface area contributed by atoms with Crippen LogP contribution in [0, 0.1) is 0 Å². The van der Waals surface area contributed by atoms with Gasteiger partial charge in [0.2, 0.25) is 0 Å². The summed E-state index contributed by atoms with van der Waals surface area (Å²) in [6.45, 7) is 6.55. The van der Waals surface area contributed by atoms with Gasteiger partial charge in [0.05, 0.1) is 5.69 Å². The van der Waals surface area contributed by atoms with Crippen LogP contribution in [0.4, 0.5) is 0 Å². The quantitative estimate of drug-likeness (QED) is 0.679. The van der Waals surface area contributed by atoms with Crippen LogP contribution in [0.15, 0.2) is 6.20 Å². The first-order chi connectivity index (χ1) is 5.45. The Morgan fingerprint density at radius 1 is 1.50 bits per heavy atom. The van der Waals surface area contributed by atoms with Crippen LogP contribution in [0.25, 0.3) is 0 Å². The fourth-order valence-corrected chi connectivity index (χ4v) is 1.68. The molecule has 68 valence electrons. The summed E-state index contributed by atoms with van der Waals surface area (Å²) in [5, 5.41) is 5.32. The van der Waals surface area contributed by atoms with E-state index in [2.05, 4.69) is 48.0 Å². The number of halogens is 1. The van der Waals surface area contributed by atoms with Gasteiger partial charge in [-0.1, -0.05) is 36.7 Å². The van der Waals surface area contributed by atoms with Crippen LogP contribution >= 0.6 is 15.9 Å². The van der Waals surface area contributed by atoms with Crippen LogP contribution in [-0.4, -0.2) is 9.78 Å². The van der Waals surface area contributed by atoms with Gasteiger partial charge in [-0.2, -0.15) is 5.10 Å². The molecule has 0 radical (unpaired) electrons. The first-order valence-electron chi connectivity index (χ1n) is 4.04. The monoisotopic (exact) mass is 230 g/mol. The molecule has 1 heterocycles. The Hall–Kier alpha value is -0.310. The average Bonchev–Trinajstić information content (AvgIpc) is 2.29. The molecular weight excluding hydrogens is 216 g/mol. The summed E-state index contributed by atoms with van der Waals surface area (Å²) in [4.78, 5) is 0. The van der Waals surface area contributed by atoms with Gasteiger partial charge in [0, 0.05) is 29.6 Å². The van der Waals surface area contributed by atoms with Crippen LogP contribution < -0.4 is 0 Å². The number of hydrogen-bond acceptors (Lipinski definition) is 1. The van der Waals surface area contributed by atoms with Gasteiger partial charge in [0.15, 0.2) is 0 Å².